The predicted molar refractivity (Wildman–Crippen MR) is 140 cm³/mol. The minimum absolute atomic E-state index is 0.107. The smallest absolute Gasteiger partial charge is 0.328 e. The minimum atomic E-state index is -1.07. The maximum atomic E-state index is 14.0. The molecule has 196 valence electrons. The topological polar surface area (TPSA) is 98.3 Å². The van der Waals surface area contributed by atoms with Crippen molar-refractivity contribution in [3.05, 3.63) is 59.3 Å². The molecule has 2 atom stereocenters. The van der Waals surface area contributed by atoms with Gasteiger partial charge in [-0.05, 0) is 54.9 Å². The van der Waals surface area contributed by atoms with Crippen LogP contribution < -0.4 is 4.74 Å². The van der Waals surface area contributed by atoms with Gasteiger partial charge in [0.05, 0.1) is 13.7 Å². The van der Waals surface area contributed by atoms with Gasteiger partial charge in [-0.2, -0.15) is 0 Å². The summed E-state index contributed by atoms with van der Waals surface area (Å²) in [5.74, 6) is 0.631. The number of fused-ring (bicyclic) bond motifs is 4. The van der Waals surface area contributed by atoms with Crippen molar-refractivity contribution in [1.82, 2.24) is 19.7 Å². The summed E-state index contributed by atoms with van der Waals surface area (Å²) >= 11 is 0. The first-order valence-corrected chi connectivity index (χ1v) is 12.7. The number of imide groups is 1. The van der Waals surface area contributed by atoms with Gasteiger partial charge in [0.15, 0.2) is 0 Å². The molecule has 3 amide bonds. The van der Waals surface area contributed by atoms with E-state index in [1.54, 1.807) is 37.3 Å². The van der Waals surface area contributed by atoms with E-state index in [1.807, 2.05) is 31.2 Å². The van der Waals surface area contributed by atoms with Crippen molar-refractivity contribution >= 4 is 22.8 Å². The van der Waals surface area contributed by atoms with Crippen LogP contribution in [0.1, 0.15) is 36.7 Å². The van der Waals surface area contributed by atoms with Crippen molar-refractivity contribution in [3.8, 4) is 11.5 Å². The van der Waals surface area contributed by atoms with Crippen LogP contribution in [-0.4, -0.2) is 89.3 Å². The molecule has 9 heteroatoms. The van der Waals surface area contributed by atoms with Crippen LogP contribution in [0.4, 0.5) is 4.79 Å². The molecular formula is C28H34N4O5. The standard InChI is InChI=1S/C28H34N4O5/c1-5-30(13-14-36-3)11-12-31-26(34)28(2)17-22-21-16-20(37-4)9-10-23(21)29-24(22)25(32(28)27(31)35)18-7-6-8-19(33)15-18/h6-10,15-16,25,29,33H,5,11-14,17H2,1-4H3/t25-,28+/m1/s1. The van der Waals surface area contributed by atoms with Crippen molar-refractivity contribution in [3.63, 3.8) is 0 Å². The van der Waals surface area contributed by atoms with Gasteiger partial charge >= 0.3 is 6.03 Å². The molecule has 1 saturated heterocycles. The van der Waals surface area contributed by atoms with Crippen molar-refractivity contribution in [2.24, 2.45) is 0 Å². The molecule has 0 saturated carbocycles. The van der Waals surface area contributed by atoms with E-state index >= 15 is 0 Å². The Bertz CT molecular complexity index is 1340. The number of aromatic nitrogens is 1. The Morgan fingerprint density at radius 2 is 1.97 bits per heavy atom. The van der Waals surface area contributed by atoms with E-state index in [4.69, 9.17) is 9.47 Å². The molecule has 2 N–H and O–H groups in total. The van der Waals surface area contributed by atoms with Gasteiger partial charge in [-0.3, -0.25) is 19.5 Å². The van der Waals surface area contributed by atoms with Crippen LogP contribution in [0.25, 0.3) is 10.9 Å². The van der Waals surface area contributed by atoms with Crippen LogP contribution in [0.15, 0.2) is 42.5 Å². The van der Waals surface area contributed by atoms with Crippen LogP contribution in [0.5, 0.6) is 11.5 Å². The third-order valence-corrected chi connectivity index (χ3v) is 7.76. The number of H-pyrrole nitrogens is 1. The Labute approximate surface area is 216 Å². The van der Waals surface area contributed by atoms with Gasteiger partial charge in [0.25, 0.3) is 5.91 Å². The van der Waals surface area contributed by atoms with Crippen molar-refractivity contribution in [2.75, 3.05) is 47.0 Å². The third-order valence-electron chi connectivity index (χ3n) is 7.76. The monoisotopic (exact) mass is 506 g/mol. The second-order valence-corrected chi connectivity index (χ2v) is 9.91. The fourth-order valence-corrected chi connectivity index (χ4v) is 5.75. The van der Waals surface area contributed by atoms with Gasteiger partial charge in [0.2, 0.25) is 0 Å². The number of hydrogen-bond acceptors (Lipinski definition) is 6. The second-order valence-electron chi connectivity index (χ2n) is 9.91. The SMILES string of the molecule is CCN(CCOC)CCN1C(=O)N2[C@H](c3cccc(O)c3)c3[nH]c4ccc(OC)cc4c3C[C@@]2(C)C1=O. The van der Waals surface area contributed by atoms with E-state index < -0.39 is 11.6 Å². The lowest BCUT2D eigenvalue weighted by Gasteiger charge is -2.42. The third kappa shape index (κ3) is 4.12. The normalized spacial score (nSPS) is 21.2. The first-order valence-electron chi connectivity index (χ1n) is 12.7. The van der Waals surface area contributed by atoms with Gasteiger partial charge in [0, 0.05) is 49.8 Å². The number of nitrogens with zero attached hydrogens (tertiary/aromatic N) is 3. The number of phenols is 1. The molecule has 3 aromatic rings. The molecule has 1 fully saturated rings. The number of likely N-dealkylation sites (N-methyl/N-ethyl adjacent to an activating group) is 1. The maximum absolute atomic E-state index is 14.0. The summed E-state index contributed by atoms with van der Waals surface area (Å²) < 4.78 is 10.7. The van der Waals surface area contributed by atoms with Crippen LogP contribution in [0, 0.1) is 0 Å². The average Bonchev–Trinajstić information content (AvgIpc) is 3.34. The number of hydrogen-bond donors (Lipinski definition) is 2. The summed E-state index contributed by atoms with van der Waals surface area (Å²) in [7, 11) is 3.29. The number of amides is 3. The highest BCUT2D eigenvalue weighted by molar-refractivity contribution is 6.08. The summed E-state index contributed by atoms with van der Waals surface area (Å²) in [6.07, 6.45) is 0.382. The van der Waals surface area contributed by atoms with E-state index in [-0.39, 0.29) is 17.7 Å². The second kappa shape index (κ2) is 9.72. The molecule has 2 aromatic carbocycles. The average molecular weight is 507 g/mol. The predicted octanol–water partition coefficient (Wildman–Crippen LogP) is 3.52. The highest BCUT2D eigenvalue weighted by Crippen LogP contribution is 2.49. The van der Waals surface area contributed by atoms with E-state index in [2.05, 4.69) is 16.8 Å². The zero-order valence-electron chi connectivity index (χ0n) is 21.8. The van der Waals surface area contributed by atoms with E-state index in [1.165, 1.54) is 4.90 Å². The fourth-order valence-electron chi connectivity index (χ4n) is 5.75. The number of benzene rings is 2. The number of methoxy groups -OCH3 is 2. The Balaban J connectivity index is 1.59. The van der Waals surface area contributed by atoms with Gasteiger partial charge in [0.1, 0.15) is 23.1 Å². The van der Waals surface area contributed by atoms with Crippen LogP contribution in [0.2, 0.25) is 0 Å². The number of rotatable bonds is 9. The van der Waals surface area contributed by atoms with Crippen molar-refractivity contribution in [2.45, 2.75) is 31.8 Å². The molecule has 2 aliphatic heterocycles. The quantitative estimate of drug-likeness (QED) is 0.431. The molecule has 0 spiro atoms. The zero-order chi connectivity index (χ0) is 26.3. The Morgan fingerprint density at radius 3 is 2.68 bits per heavy atom. The number of ether oxygens (including phenoxy) is 2. The number of carbonyl (C=O) groups is 2. The van der Waals surface area contributed by atoms with Crippen LogP contribution >= 0.6 is 0 Å². The lowest BCUT2D eigenvalue weighted by Crippen LogP contribution is -2.53. The van der Waals surface area contributed by atoms with Crippen LogP contribution in [0.3, 0.4) is 0 Å². The number of aromatic hydroxyl groups is 1. The number of aromatic amines is 1. The maximum Gasteiger partial charge on any atom is 0.328 e. The first kappa shape index (κ1) is 25.1. The summed E-state index contributed by atoms with van der Waals surface area (Å²) in [4.78, 5) is 36.7. The molecule has 1 aromatic heterocycles. The molecule has 3 heterocycles. The number of phenolic OH excluding ortho intramolecular Hbond substituents is 1. The first-order chi connectivity index (χ1) is 17.8. The molecule has 37 heavy (non-hydrogen) atoms. The number of carbonyl (C=O) groups excluding carboxylic acids is 2. The van der Waals surface area contributed by atoms with Crippen molar-refractivity contribution < 1.29 is 24.2 Å². The molecule has 2 aliphatic rings. The van der Waals surface area contributed by atoms with Gasteiger partial charge < -0.3 is 19.6 Å². The summed E-state index contributed by atoms with van der Waals surface area (Å²) in [6, 6.07) is 11.8. The van der Waals surface area contributed by atoms with Gasteiger partial charge in [-0.15, -0.1) is 0 Å². The minimum Gasteiger partial charge on any atom is -0.508 e. The van der Waals surface area contributed by atoms with E-state index in [0.717, 1.165) is 46.6 Å². The zero-order valence-corrected chi connectivity index (χ0v) is 21.8. The van der Waals surface area contributed by atoms with E-state index in [0.29, 0.717) is 26.1 Å². The van der Waals surface area contributed by atoms with Crippen molar-refractivity contribution in [1.29, 1.82) is 0 Å². The molecule has 0 radical (unpaired) electrons. The fraction of sp³-hybridized carbons (Fsp3) is 0.429. The lowest BCUT2D eigenvalue weighted by atomic mass is 9.81. The highest BCUT2D eigenvalue weighted by Gasteiger charge is 2.60. The van der Waals surface area contributed by atoms with Gasteiger partial charge in [-0.25, -0.2) is 4.79 Å². The Kier molecular flexibility index (Phi) is 6.59. The largest absolute Gasteiger partial charge is 0.508 e. The molecule has 5 rings (SSSR count). The lowest BCUT2D eigenvalue weighted by molar-refractivity contribution is -0.133. The Hall–Kier alpha value is -3.56. The number of nitrogens with one attached hydrogen (secondary N) is 1. The summed E-state index contributed by atoms with van der Waals surface area (Å²) in [5.41, 5.74) is 2.42. The molecule has 0 unspecified atom stereocenters. The van der Waals surface area contributed by atoms with E-state index in [9.17, 15) is 14.7 Å². The molecule has 9 nitrogen and oxygen atoms in total. The number of urea groups is 1. The molecule has 0 bridgehead atoms. The highest BCUT2D eigenvalue weighted by atomic mass is 16.5. The molecule has 0 aliphatic carbocycles. The summed E-state index contributed by atoms with van der Waals surface area (Å²) in [5, 5.41) is 11.3. The van der Waals surface area contributed by atoms with Gasteiger partial charge in [-0.1, -0.05) is 19.1 Å². The Morgan fingerprint density at radius 1 is 1.16 bits per heavy atom. The summed E-state index contributed by atoms with van der Waals surface area (Å²) in [6.45, 7) is 6.90. The van der Waals surface area contributed by atoms with Crippen LogP contribution in [-0.2, 0) is 16.0 Å². The molecular weight excluding hydrogens is 472 g/mol.